The number of hydrogen-bond acceptors (Lipinski definition) is 8. The third kappa shape index (κ3) is 3.74. The van der Waals surface area contributed by atoms with Gasteiger partial charge in [0.1, 0.15) is 6.10 Å². The molecule has 0 saturated carbocycles. The summed E-state index contributed by atoms with van der Waals surface area (Å²) in [5, 5.41) is 20.9. The van der Waals surface area contributed by atoms with Crippen LogP contribution in [0.4, 0.5) is 0 Å². The van der Waals surface area contributed by atoms with E-state index >= 15 is 0 Å². The van der Waals surface area contributed by atoms with Gasteiger partial charge in [-0.3, -0.25) is 14.5 Å². The smallest absolute Gasteiger partial charge is 0.309 e. The molecule has 8 nitrogen and oxygen atoms in total. The lowest BCUT2D eigenvalue weighted by Crippen LogP contribution is -2.48. The van der Waals surface area contributed by atoms with E-state index in [4.69, 9.17) is 13.9 Å². The van der Waals surface area contributed by atoms with E-state index in [9.17, 15) is 19.8 Å². The van der Waals surface area contributed by atoms with Gasteiger partial charge in [0.2, 0.25) is 11.5 Å². The molecule has 2 N–H and O–H groups in total. The maximum atomic E-state index is 13.4. The summed E-state index contributed by atoms with van der Waals surface area (Å²) in [6.45, 7) is 6.17. The second kappa shape index (κ2) is 8.47. The first-order valence-electron chi connectivity index (χ1n) is 11.3. The molecule has 0 aromatic carbocycles. The molecule has 0 radical (unpaired) electrons. The Hall–Kier alpha value is -2.06. The number of ether oxygens (including phenoxy) is 2. The van der Waals surface area contributed by atoms with Gasteiger partial charge in [-0.2, -0.15) is 0 Å². The van der Waals surface area contributed by atoms with Crippen molar-refractivity contribution in [2.24, 2.45) is 17.8 Å². The third-order valence-corrected chi connectivity index (χ3v) is 7.59. The fourth-order valence-electron chi connectivity index (χ4n) is 5.93. The van der Waals surface area contributed by atoms with Crippen LogP contribution in [-0.2, 0) is 9.53 Å². The number of furan rings is 1. The second-order valence-electron chi connectivity index (χ2n) is 9.40. The van der Waals surface area contributed by atoms with E-state index in [1.165, 1.54) is 7.11 Å². The summed E-state index contributed by atoms with van der Waals surface area (Å²) in [4.78, 5) is 27.7. The highest BCUT2D eigenvalue weighted by molar-refractivity contribution is 5.98. The molecule has 1 aromatic heterocycles. The zero-order valence-electron chi connectivity index (χ0n) is 18.7. The Morgan fingerprint density at radius 2 is 1.97 bits per heavy atom. The van der Waals surface area contributed by atoms with Gasteiger partial charge >= 0.3 is 5.97 Å². The molecular formula is C23H33NO7. The molecule has 4 heterocycles. The van der Waals surface area contributed by atoms with Crippen LogP contribution in [0.3, 0.4) is 0 Å². The largest absolute Gasteiger partial charge is 0.492 e. The van der Waals surface area contributed by atoms with Crippen molar-refractivity contribution >= 4 is 11.8 Å². The molecule has 0 unspecified atom stereocenters. The SMILES string of the molecule is COc1c(C(=O)[C@@H](C)[C@H]2[C@@H](O)CCCN3[C@H]2CC[C@H]3[C@@H]2C[C@H](C)C(=O)O2)oc(O)c1C. The molecule has 31 heavy (non-hydrogen) atoms. The fraction of sp³-hybridized carbons (Fsp3) is 0.739. The average Bonchev–Trinajstić information content (AvgIpc) is 3.34. The number of rotatable bonds is 5. The summed E-state index contributed by atoms with van der Waals surface area (Å²) in [6.07, 6.45) is 3.13. The number of ketones is 1. The van der Waals surface area contributed by atoms with Crippen molar-refractivity contribution in [2.45, 2.75) is 77.2 Å². The second-order valence-corrected chi connectivity index (χ2v) is 9.40. The predicted molar refractivity (Wildman–Crippen MR) is 111 cm³/mol. The first-order chi connectivity index (χ1) is 14.7. The average molecular weight is 436 g/mol. The molecule has 8 heteroatoms. The maximum Gasteiger partial charge on any atom is 0.309 e. The lowest BCUT2D eigenvalue weighted by molar-refractivity contribution is -0.146. The number of hydrogen-bond donors (Lipinski definition) is 2. The van der Waals surface area contributed by atoms with Gasteiger partial charge in [-0.1, -0.05) is 13.8 Å². The van der Waals surface area contributed by atoms with Crippen molar-refractivity contribution in [1.82, 2.24) is 4.90 Å². The van der Waals surface area contributed by atoms with E-state index in [0.717, 1.165) is 32.2 Å². The highest BCUT2D eigenvalue weighted by Gasteiger charge is 2.50. The van der Waals surface area contributed by atoms with Crippen LogP contribution in [0.15, 0.2) is 4.42 Å². The van der Waals surface area contributed by atoms with Crippen molar-refractivity contribution in [3.63, 3.8) is 0 Å². The third-order valence-electron chi connectivity index (χ3n) is 7.59. The number of fused-ring (bicyclic) bond motifs is 1. The molecule has 0 bridgehead atoms. The molecule has 7 atom stereocenters. The Balaban J connectivity index is 1.59. The number of esters is 1. The van der Waals surface area contributed by atoms with Gasteiger partial charge in [-0.05, 0) is 45.6 Å². The quantitative estimate of drug-likeness (QED) is 0.537. The molecule has 0 amide bonds. The molecule has 3 aliphatic rings. The van der Waals surface area contributed by atoms with Crippen LogP contribution >= 0.6 is 0 Å². The molecule has 172 valence electrons. The number of carbonyl (C=O) groups is 2. The highest BCUT2D eigenvalue weighted by atomic mass is 16.6. The van der Waals surface area contributed by atoms with E-state index in [2.05, 4.69) is 4.90 Å². The van der Waals surface area contributed by atoms with Crippen LogP contribution in [0.5, 0.6) is 11.7 Å². The van der Waals surface area contributed by atoms with Crippen molar-refractivity contribution in [1.29, 1.82) is 0 Å². The van der Waals surface area contributed by atoms with E-state index in [-0.39, 0.29) is 59.2 Å². The normalized spacial score (nSPS) is 34.8. The summed E-state index contributed by atoms with van der Waals surface area (Å²) >= 11 is 0. The molecular weight excluding hydrogens is 402 g/mol. The van der Waals surface area contributed by atoms with E-state index in [1.54, 1.807) is 6.92 Å². The van der Waals surface area contributed by atoms with E-state index < -0.39 is 12.0 Å². The van der Waals surface area contributed by atoms with Gasteiger partial charge < -0.3 is 24.1 Å². The molecule has 4 rings (SSSR count). The standard InChI is InChI=1S/C23H33NO7/c1-11-10-17(30-22(11)27)14-7-8-15-18(16(25)6-5-9-24(14)15)12(2)19(26)21-20(29-4)13(3)23(28)31-21/h11-12,14-18,25,28H,5-10H2,1-4H3/t11-,12-,14-,15-,16-,17-,18+/m0/s1. The van der Waals surface area contributed by atoms with Crippen molar-refractivity contribution in [3.8, 4) is 11.7 Å². The van der Waals surface area contributed by atoms with Crippen LogP contribution in [0, 0.1) is 24.7 Å². The number of aliphatic hydroxyl groups is 1. The highest BCUT2D eigenvalue weighted by Crippen LogP contribution is 2.44. The Labute approximate surface area is 182 Å². The Morgan fingerprint density at radius 1 is 1.26 bits per heavy atom. The first-order valence-corrected chi connectivity index (χ1v) is 11.3. The minimum absolute atomic E-state index is 0.00101. The minimum Gasteiger partial charge on any atom is -0.492 e. The number of aliphatic hydroxyl groups excluding tert-OH is 1. The zero-order chi connectivity index (χ0) is 22.4. The number of carbonyl (C=O) groups excluding carboxylic acids is 2. The molecule has 0 aliphatic carbocycles. The van der Waals surface area contributed by atoms with Crippen LogP contribution in [0.2, 0.25) is 0 Å². The number of methoxy groups -OCH3 is 1. The summed E-state index contributed by atoms with van der Waals surface area (Å²) in [6, 6.07) is 0.144. The fourth-order valence-corrected chi connectivity index (χ4v) is 5.93. The van der Waals surface area contributed by atoms with Gasteiger partial charge in [0.25, 0.3) is 5.95 Å². The van der Waals surface area contributed by atoms with Gasteiger partial charge in [-0.15, -0.1) is 0 Å². The monoisotopic (exact) mass is 435 g/mol. The van der Waals surface area contributed by atoms with Crippen LogP contribution in [0.25, 0.3) is 0 Å². The summed E-state index contributed by atoms with van der Waals surface area (Å²) < 4.78 is 16.3. The van der Waals surface area contributed by atoms with Crippen molar-refractivity contribution in [3.05, 3.63) is 11.3 Å². The van der Waals surface area contributed by atoms with Crippen molar-refractivity contribution in [2.75, 3.05) is 13.7 Å². The number of aromatic hydroxyl groups is 1. The molecule has 0 spiro atoms. The Morgan fingerprint density at radius 3 is 2.61 bits per heavy atom. The van der Waals surface area contributed by atoms with Crippen LogP contribution < -0.4 is 4.74 Å². The minimum atomic E-state index is -0.617. The number of cyclic esters (lactones) is 1. The van der Waals surface area contributed by atoms with E-state index in [0.29, 0.717) is 12.0 Å². The topological polar surface area (TPSA) is 109 Å². The van der Waals surface area contributed by atoms with E-state index in [1.807, 2.05) is 13.8 Å². The summed E-state index contributed by atoms with van der Waals surface area (Å²) in [5.41, 5.74) is 0.388. The van der Waals surface area contributed by atoms with Gasteiger partial charge in [-0.25, -0.2) is 0 Å². The molecule has 3 saturated heterocycles. The molecule has 3 aliphatic heterocycles. The van der Waals surface area contributed by atoms with Crippen LogP contribution in [-0.4, -0.2) is 64.8 Å². The van der Waals surface area contributed by atoms with Gasteiger partial charge in [0, 0.05) is 23.9 Å². The number of nitrogens with zero attached hydrogens (tertiary/aromatic N) is 1. The Kier molecular flexibility index (Phi) is 6.05. The predicted octanol–water partition coefficient (Wildman–Crippen LogP) is 2.68. The van der Waals surface area contributed by atoms with Gasteiger partial charge in [0.15, 0.2) is 5.75 Å². The molecule has 3 fully saturated rings. The lowest BCUT2D eigenvalue weighted by Gasteiger charge is -2.37. The summed E-state index contributed by atoms with van der Waals surface area (Å²) in [7, 11) is 1.44. The first kappa shape index (κ1) is 22.1. The lowest BCUT2D eigenvalue weighted by atomic mass is 9.78. The zero-order valence-corrected chi connectivity index (χ0v) is 18.7. The maximum absolute atomic E-state index is 13.4. The van der Waals surface area contributed by atoms with Crippen LogP contribution in [0.1, 0.15) is 62.1 Å². The van der Waals surface area contributed by atoms with Gasteiger partial charge in [0.05, 0.1) is 24.7 Å². The number of Topliss-reactive ketones (excluding diaryl/α,β-unsaturated/α-hetero) is 1. The summed E-state index contributed by atoms with van der Waals surface area (Å²) in [5.74, 6) is -1.39. The van der Waals surface area contributed by atoms with Crippen molar-refractivity contribution < 1.29 is 33.7 Å². The Bertz CT molecular complexity index is 849. The molecule has 1 aromatic rings.